The minimum absolute atomic E-state index is 0.0599. The molecule has 4 rings (SSSR count). The van der Waals surface area contributed by atoms with Crippen LogP contribution in [0.1, 0.15) is 23.4 Å². The Morgan fingerprint density at radius 1 is 1.15 bits per heavy atom. The van der Waals surface area contributed by atoms with Crippen molar-refractivity contribution in [1.82, 2.24) is 14.5 Å². The standard InChI is InChI=1S/C20H18ClF2N3O/c1-12-10-13(4-6-24-12)18-17-5-8-27-9-7-26(17)20(25-18)14-2-3-16(21)15(11-14)19(22)23/h2-4,6,10-11,19H,5,7-9H2,1H3. The molecule has 0 fully saturated rings. The summed E-state index contributed by atoms with van der Waals surface area (Å²) < 4.78 is 34.3. The number of hydrogen-bond donors (Lipinski definition) is 0. The van der Waals surface area contributed by atoms with Gasteiger partial charge in [0.25, 0.3) is 6.43 Å². The molecule has 140 valence electrons. The van der Waals surface area contributed by atoms with E-state index >= 15 is 0 Å². The molecule has 0 atom stereocenters. The second-order valence-electron chi connectivity index (χ2n) is 6.47. The van der Waals surface area contributed by atoms with Crippen LogP contribution in [0.4, 0.5) is 8.78 Å². The van der Waals surface area contributed by atoms with Gasteiger partial charge in [-0.25, -0.2) is 13.8 Å². The third kappa shape index (κ3) is 3.47. The molecule has 0 radical (unpaired) electrons. The summed E-state index contributed by atoms with van der Waals surface area (Å²) in [6, 6.07) is 8.56. The number of halogens is 3. The summed E-state index contributed by atoms with van der Waals surface area (Å²) in [5, 5.41) is 0.0599. The van der Waals surface area contributed by atoms with Gasteiger partial charge < -0.3 is 9.30 Å². The molecular formula is C20H18ClF2N3O. The lowest BCUT2D eigenvalue weighted by Gasteiger charge is -2.10. The van der Waals surface area contributed by atoms with Crippen LogP contribution in [-0.4, -0.2) is 27.7 Å². The van der Waals surface area contributed by atoms with Gasteiger partial charge in [0.05, 0.1) is 18.9 Å². The van der Waals surface area contributed by atoms with Gasteiger partial charge in [0, 0.05) is 52.3 Å². The van der Waals surface area contributed by atoms with E-state index < -0.39 is 6.43 Å². The fourth-order valence-corrected chi connectivity index (χ4v) is 3.60. The van der Waals surface area contributed by atoms with Crippen molar-refractivity contribution in [2.45, 2.75) is 26.3 Å². The summed E-state index contributed by atoms with van der Waals surface area (Å²) in [4.78, 5) is 9.08. The summed E-state index contributed by atoms with van der Waals surface area (Å²) in [6.07, 6.45) is -0.180. The highest BCUT2D eigenvalue weighted by Gasteiger charge is 2.23. The fourth-order valence-electron chi connectivity index (χ4n) is 3.40. The van der Waals surface area contributed by atoms with E-state index in [4.69, 9.17) is 21.3 Å². The van der Waals surface area contributed by atoms with Gasteiger partial charge in [-0.3, -0.25) is 4.98 Å². The summed E-state index contributed by atoms with van der Waals surface area (Å²) in [6.45, 7) is 3.70. The molecule has 1 aromatic carbocycles. The molecule has 0 aliphatic carbocycles. The number of nitrogens with zero attached hydrogens (tertiary/aromatic N) is 3. The van der Waals surface area contributed by atoms with E-state index in [0.29, 0.717) is 37.6 Å². The Bertz CT molecular complexity index is 987. The normalized spacial score (nSPS) is 14.3. The maximum absolute atomic E-state index is 13.3. The molecule has 0 saturated carbocycles. The van der Waals surface area contributed by atoms with Gasteiger partial charge in [-0.15, -0.1) is 0 Å². The molecule has 1 aliphatic rings. The van der Waals surface area contributed by atoms with Gasteiger partial charge in [0.15, 0.2) is 0 Å². The molecule has 7 heteroatoms. The van der Waals surface area contributed by atoms with Crippen LogP contribution >= 0.6 is 11.6 Å². The number of imidazole rings is 1. The lowest BCUT2D eigenvalue weighted by molar-refractivity contribution is 0.140. The Labute approximate surface area is 160 Å². The van der Waals surface area contributed by atoms with Crippen molar-refractivity contribution < 1.29 is 13.5 Å². The molecule has 4 nitrogen and oxygen atoms in total. The Kier molecular flexibility index (Phi) is 4.93. The van der Waals surface area contributed by atoms with Crippen LogP contribution in [0.25, 0.3) is 22.6 Å². The second-order valence-corrected chi connectivity index (χ2v) is 6.87. The van der Waals surface area contributed by atoms with Crippen LogP contribution in [0, 0.1) is 6.92 Å². The molecule has 27 heavy (non-hydrogen) atoms. The van der Waals surface area contributed by atoms with Crippen LogP contribution < -0.4 is 0 Å². The minimum Gasteiger partial charge on any atom is -0.379 e. The molecule has 0 amide bonds. The third-order valence-corrected chi connectivity index (χ3v) is 5.02. The highest BCUT2D eigenvalue weighted by atomic mass is 35.5. The van der Waals surface area contributed by atoms with Crippen molar-refractivity contribution in [3.8, 4) is 22.6 Å². The topological polar surface area (TPSA) is 39.9 Å². The second kappa shape index (κ2) is 7.37. The van der Waals surface area contributed by atoms with Crippen LogP contribution in [0.2, 0.25) is 5.02 Å². The first-order chi connectivity index (χ1) is 13.0. The molecule has 0 bridgehead atoms. The quantitative estimate of drug-likeness (QED) is 0.626. The van der Waals surface area contributed by atoms with Crippen LogP contribution in [0.3, 0.4) is 0 Å². The van der Waals surface area contributed by atoms with Crippen molar-refractivity contribution in [2.24, 2.45) is 0 Å². The van der Waals surface area contributed by atoms with Gasteiger partial charge in [-0.2, -0.15) is 0 Å². The van der Waals surface area contributed by atoms with Gasteiger partial charge in [-0.05, 0) is 37.3 Å². The number of rotatable bonds is 3. The van der Waals surface area contributed by atoms with E-state index in [2.05, 4.69) is 9.55 Å². The van der Waals surface area contributed by atoms with Crippen molar-refractivity contribution in [3.63, 3.8) is 0 Å². The number of fused-ring (bicyclic) bond motifs is 1. The average molecular weight is 390 g/mol. The first-order valence-electron chi connectivity index (χ1n) is 8.72. The summed E-state index contributed by atoms with van der Waals surface area (Å²) in [7, 11) is 0. The van der Waals surface area contributed by atoms with Crippen LogP contribution in [0.15, 0.2) is 36.5 Å². The largest absolute Gasteiger partial charge is 0.379 e. The lowest BCUT2D eigenvalue weighted by Crippen LogP contribution is -2.06. The Morgan fingerprint density at radius 3 is 2.78 bits per heavy atom. The van der Waals surface area contributed by atoms with E-state index in [1.807, 2.05) is 19.1 Å². The van der Waals surface area contributed by atoms with Gasteiger partial charge in [-0.1, -0.05) is 11.6 Å². The monoisotopic (exact) mass is 389 g/mol. The Hall–Kier alpha value is -2.31. The maximum Gasteiger partial charge on any atom is 0.265 e. The molecule has 0 spiro atoms. The number of benzene rings is 1. The number of aryl methyl sites for hydroxylation is 1. The predicted molar refractivity (Wildman–Crippen MR) is 100 cm³/mol. The van der Waals surface area contributed by atoms with Gasteiger partial charge in [0.2, 0.25) is 0 Å². The SMILES string of the molecule is Cc1cc(-c2nc(-c3ccc(Cl)c(C(F)F)c3)n3c2CCOCC3)ccn1. The molecular weight excluding hydrogens is 372 g/mol. The maximum atomic E-state index is 13.3. The number of alkyl halides is 2. The molecule has 0 saturated heterocycles. The zero-order valence-electron chi connectivity index (χ0n) is 14.8. The number of hydrogen-bond acceptors (Lipinski definition) is 3. The summed E-state index contributed by atoms with van der Waals surface area (Å²) in [5.41, 5.74) is 4.18. The smallest absolute Gasteiger partial charge is 0.265 e. The summed E-state index contributed by atoms with van der Waals surface area (Å²) >= 11 is 5.93. The molecule has 3 heterocycles. The lowest BCUT2D eigenvalue weighted by atomic mass is 10.1. The Morgan fingerprint density at radius 2 is 2.00 bits per heavy atom. The van der Waals surface area contributed by atoms with E-state index in [1.165, 1.54) is 12.1 Å². The molecule has 0 N–H and O–H groups in total. The van der Waals surface area contributed by atoms with E-state index in [0.717, 1.165) is 22.6 Å². The van der Waals surface area contributed by atoms with Crippen molar-refractivity contribution >= 4 is 11.6 Å². The number of ether oxygens (including phenoxy) is 1. The van der Waals surface area contributed by atoms with Crippen molar-refractivity contribution in [3.05, 3.63) is 58.5 Å². The highest BCUT2D eigenvalue weighted by Crippen LogP contribution is 2.35. The first-order valence-corrected chi connectivity index (χ1v) is 9.10. The van der Waals surface area contributed by atoms with E-state index in [9.17, 15) is 8.78 Å². The molecule has 1 aliphatic heterocycles. The molecule has 3 aromatic rings. The molecule has 2 aromatic heterocycles. The Balaban J connectivity index is 1.90. The minimum atomic E-state index is -2.64. The van der Waals surface area contributed by atoms with E-state index in [1.54, 1.807) is 12.3 Å². The van der Waals surface area contributed by atoms with Crippen LogP contribution in [-0.2, 0) is 17.7 Å². The van der Waals surface area contributed by atoms with Crippen LogP contribution in [0.5, 0.6) is 0 Å². The van der Waals surface area contributed by atoms with Crippen molar-refractivity contribution in [1.29, 1.82) is 0 Å². The first kappa shape index (κ1) is 18.1. The average Bonchev–Trinajstić information content (AvgIpc) is 2.83. The number of pyridine rings is 1. The zero-order valence-corrected chi connectivity index (χ0v) is 15.5. The van der Waals surface area contributed by atoms with E-state index in [-0.39, 0.29) is 10.6 Å². The third-order valence-electron chi connectivity index (χ3n) is 4.67. The van der Waals surface area contributed by atoms with Crippen molar-refractivity contribution in [2.75, 3.05) is 13.2 Å². The summed E-state index contributed by atoms with van der Waals surface area (Å²) in [5.74, 6) is 0.651. The highest BCUT2D eigenvalue weighted by molar-refractivity contribution is 6.31. The predicted octanol–water partition coefficient (Wildman–Crippen LogP) is 5.08. The zero-order chi connectivity index (χ0) is 19.0. The number of aromatic nitrogens is 3. The molecule has 0 unspecified atom stereocenters. The fraction of sp³-hybridized carbons (Fsp3) is 0.300. The van der Waals surface area contributed by atoms with Gasteiger partial charge >= 0.3 is 0 Å². The van der Waals surface area contributed by atoms with Gasteiger partial charge in [0.1, 0.15) is 5.82 Å².